The molecule has 1 N–H and O–H groups in total. The SMILES string of the molecule is CCNc1ccc(Cl)c(COC2CCOC2)n1. The fourth-order valence-corrected chi connectivity index (χ4v) is 1.87. The van der Waals surface area contributed by atoms with Crippen LogP contribution in [0.1, 0.15) is 19.0 Å². The lowest BCUT2D eigenvalue weighted by atomic mass is 10.3. The number of nitrogens with one attached hydrogen (secondary N) is 1. The molecule has 1 fully saturated rings. The van der Waals surface area contributed by atoms with Crippen LogP contribution in [0.3, 0.4) is 0 Å². The Labute approximate surface area is 106 Å². The van der Waals surface area contributed by atoms with Gasteiger partial charge in [0.1, 0.15) is 5.82 Å². The molecule has 1 aromatic rings. The van der Waals surface area contributed by atoms with Crippen LogP contribution in [0, 0.1) is 0 Å². The van der Waals surface area contributed by atoms with Gasteiger partial charge in [-0.25, -0.2) is 4.98 Å². The fraction of sp³-hybridized carbons (Fsp3) is 0.583. The van der Waals surface area contributed by atoms with Gasteiger partial charge in [-0.05, 0) is 25.5 Å². The molecular weight excluding hydrogens is 240 g/mol. The molecule has 0 bridgehead atoms. The molecule has 0 aromatic carbocycles. The number of rotatable bonds is 5. The average Bonchev–Trinajstić information content (AvgIpc) is 2.83. The highest BCUT2D eigenvalue weighted by Crippen LogP contribution is 2.19. The molecule has 1 unspecified atom stereocenters. The first-order valence-corrected chi connectivity index (χ1v) is 6.26. The van der Waals surface area contributed by atoms with Crippen molar-refractivity contribution in [3.8, 4) is 0 Å². The van der Waals surface area contributed by atoms with E-state index >= 15 is 0 Å². The van der Waals surface area contributed by atoms with Gasteiger partial charge in [-0.1, -0.05) is 11.6 Å². The highest BCUT2D eigenvalue weighted by Gasteiger charge is 2.16. The first-order chi connectivity index (χ1) is 8.29. The van der Waals surface area contributed by atoms with Gasteiger partial charge in [-0.2, -0.15) is 0 Å². The number of aromatic nitrogens is 1. The van der Waals surface area contributed by atoms with Crippen LogP contribution < -0.4 is 5.32 Å². The summed E-state index contributed by atoms with van der Waals surface area (Å²) < 4.78 is 11.0. The first kappa shape index (κ1) is 12.6. The quantitative estimate of drug-likeness (QED) is 0.879. The van der Waals surface area contributed by atoms with Crippen molar-refractivity contribution in [1.29, 1.82) is 0 Å². The van der Waals surface area contributed by atoms with Crippen molar-refractivity contribution < 1.29 is 9.47 Å². The maximum absolute atomic E-state index is 6.08. The zero-order chi connectivity index (χ0) is 12.1. The van der Waals surface area contributed by atoms with Crippen molar-refractivity contribution in [3.63, 3.8) is 0 Å². The second-order valence-corrected chi connectivity index (χ2v) is 4.36. The lowest BCUT2D eigenvalue weighted by molar-refractivity contribution is 0.0302. The van der Waals surface area contributed by atoms with Gasteiger partial charge in [0.25, 0.3) is 0 Å². The topological polar surface area (TPSA) is 43.4 Å². The van der Waals surface area contributed by atoms with E-state index in [1.54, 1.807) is 0 Å². The molecule has 0 spiro atoms. The van der Waals surface area contributed by atoms with Crippen LogP contribution in [0.4, 0.5) is 5.82 Å². The Bertz CT molecular complexity index is 368. The van der Waals surface area contributed by atoms with E-state index in [-0.39, 0.29) is 6.10 Å². The minimum atomic E-state index is 0.177. The summed E-state index contributed by atoms with van der Waals surface area (Å²) in [5.74, 6) is 0.832. The van der Waals surface area contributed by atoms with Gasteiger partial charge in [0, 0.05) is 13.2 Å². The largest absolute Gasteiger partial charge is 0.379 e. The minimum Gasteiger partial charge on any atom is -0.379 e. The molecule has 1 atom stereocenters. The summed E-state index contributed by atoms with van der Waals surface area (Å²) in [4.78, 5) is 4.41. The van der Waals surface area contributed by atoms with E-state index in [1.165, 1.54) is 0 Å². The second kappa shape index (κ2) is 6.19. The van der Waals surface area contributed by atoms with Gasteiger partial charge >= 0.3 is 0 Å². The molecule has 5 heteroatoms. The number of ether oxygens (including phenoxy) is 2. The average molecular weight is 257 g/mol. The molecule has 0 amide bonds. The molecule has 0 radical (unpaired) electrons. The third-order valence-corrected chi connectivity index (χ3v) is 2.96. The van der Waals surface area contributed by atoms with Crippen molar-refractivity contribution in [2.24, 2.45) is 0 Å². The predicted molar refractivity (Wildman–Crippen MR) is 67.4 cm³/mol. The van der Waals surface area contributed by atoms with E-state index in [1.807, 2.05) is 19.1 Å². The first-order valence-electron chi connectivity index (χ1n) is 5.88. The van der Waals surface area contributed by atoms with Crippen molar-refractivity contribution in [3.05, 3.63) is 22.8 Å². The Morgan fingerprint density at radius 3 is 3.18 bits per heavy atom. The van der Waals surface area contributed by atoms with E-state index in [0.29, 0.717) is 18.2 Å². The van der Waals surface area contributed by atoms with Crippen LogP contribution in [0.25, 0.3) is 0 Å². The maximum atomic E-state index is 6.08. The maximum Gasteiger partial charge on any atom is 0.126 e. The normalized spacial score (nSPS) is 19.5. The van der Waals surface area contributed by atoms with E-state index in [4.69, 9.17) is 21.1 Å². The molecule has 2 heterocycles. The molecule has 1 aliphatic rings. The lowest BCUT2D eigenvalue weighted by Crippen LogP contribution is -2.13. The van der Waals surface area contributed by atoms with Crippen molar-refractivity contribution >= 4 is 17.4 Å². The van der Waals surface area contributed by atoms with Crippen LogP contribution in [-0.4, -0.2) is 30.8 Å². The van der Waals surface area contributed by atoms with E-state index in [9.17, 15) is 0 Å². The van der Waals surface area contributed by atoms with Crippen molar-refractivity contribution in [2.75, 3.05) is 25.1 Å². The summed E-state index contributed by atoms with van der Waals surface area (Å²) >= 11 is 6.08. The number of hydrogen-bond donors (Lipinski definition) is 1. The van der Waals surface area contributed by atoms with Gasteiger partial charge in [0.15, 0.2) is 0 Å². The van der Waals surface area contributed by atoms with Gasteiger partial charge in [-0.15, -0.1) is 0 Å². The van der Waals surface area contributed by atoms with Gasteiger partial charge < -0.3 is 14.8 Å². The van der Waals surface area contributed by atoms with Gasteiger partial charge in [-0.3, -0.25) is 0 Å². The Morgan fingerprint density at radius 1 is 1.59 bits per heavy atom. The Hall–Kier alpha value is -0.840. The van der Waals surface area contributed by atoms with E-state index in [0.717, 1.165) is 31.1 Å². The monoisotopic (exact) mass is 256 g/mol. The number of pyridine rings is 1. The Balaban J connectivity index is 1.95. The summed E-state index contributed by atoms with van der Waals surface area (Å²) in [5, 5.41) is 3.80. The Morgan fingerprint density at radius 2 is 2.47 bits per heavy atom. The highest BCUT2D eigenvalue weighted by molar-refractivity contribution is 6.31. The molecule has 4 nitrogen and oxygen atoms in total. The molecule has 17 heavy (non-hydrogen) atoms. The summed E-state index contributed by atoms with van der Waals surface area (Å²) in [6.07, 6.45) is 1.13. The van der Waals surface area contributed by atoms with Crippen molar-refractivity contribution in [2.45, 2.75) is 26.1 Å². The van der Waals surface area contributed by atoms with Crippen LogP contribution >= 0.6 is 11.6 Å². The summed E-state index contributed by atoms with van der Waals surface area (Å²) in [7, 11) is 0. The number of hydrogen-bond acceptors (Lipinski definition) is 4. The standard InChI is InChI=1S/C12H17ClN2O2/c1-2-14-12-4-3-10(13)11(15-12)8-17-9-5-6-16-7-9/h3-4,9H,2,5-8H2,1H3,(H,14,15). The molecule has 0 saturated carbocycles. The summed E-state index contributed by atoms with van der Waals surface area (Å²) in [6, 6.07) is 3.71. The van der Waals surface area contributed by atoms with Crippen molar-refractivity contribution in [1.82, 2.24) is 4.98 Å². The Kier molecular flexibility index (Phi) is 4.59. The summed E-state index contributed by atoms with van der Waals surface area (Å²) in [6.45, 7) is 4.76. The smallest absolute Gasteiger partial charge is 0.126 e. The summed E-state index contributed by atoms with van der Waals surface area (Å²) in [5.41, 5.74) is 0.775. The van der Waals surface area contributed by atoms with E-state index < -0.39 is 0 Å². The van der Waals surface area contributed by atoms with Crippen LogP contribution in [0.5, 0.6) is 0 Å². The third kappa shape index (κ3) is 3.56. The number of halogens is 1. The third-order valence-electron chi connectivity index (χ3n) is 2.62. The van der Waals surface area contributed by atoms with E-state index in [2.05, 4.69) is 10.3 Å². The van der Waals surface area contributed by atoms with Gasteiger partial charge in [0.05, 0.1) is 30.0 Å². The lowest BCUT2D eigenvalue weighted by Gasteiger charge is -2.11. The molecule has 1 aliphatic heterocycles. The molecular formula is C12H17ClN2O2. The minimum absolute atomic E-state index is 0.177. The van der Waals surface area contributed by atoms with Crippen LogP contribution in [-0.2, 0) is 16.1 Å². The molecule has 0 aliphatic carbocycles. The van der Waals surface area contributed by atoms with Crippen LogP contribution in [0.15, 0.2) is 12.1 Å². The molecule has 94 valence electrons. The van der Waals surface area contributed by atoms with Crippen LogP contribution in [0.2, 0.25) is 5.02 Å². The fourth-order valence-electron chi connectivity index (χ4n) is 1.71. The number of nitrogens with zero attached hydrogens (tertiary/aromatic N) is 1. The molecule has 1 saturated heterocycles. The number of anilines is 1. The zero-order valence-electron chi connectivity index (χ0n) is 9.91. The van der Waals surface area contributed by atoms with Gasteiger partial charge in [0.2, 0.25) is 0 Å². The second-order valence-electron chi connectivity index (χ2n) is 3.95. The molecule has 1 aromatic heterocycles. The zero-order valence-corrected chi connectivity index (χ0v) is 10.7. The highest BCUT2D eigenvalue weighted by atomic mass is 35.5. The predicted octanol–water partition coefficient (Wildman–Crippen LogP) is 2.47. The molecule has 2 rings (SSSR count).